The molecule has 130 valence electrons. The Bertz CT molecular complexity index is 930. The van der Waals surface area contributed by atoms with Crippen molar-refractivity contribution in [1.29, 1.82) is 0 Å². The van der Waals surface area contributed by atoms with Gasteiger partial charge in [0, 0.05) is 39.4 Å². The van der Waals surface area contributed by atoms with Crippen LogP contribution in [0.3, 0.4) is 0 Å². The van der Waals surface area contributed by atoms with Crippen LogP contribution < -0.4 is 5.32 Å². The van der Waals surface area contributed by atoms with Crippen molar-refractivity contribution in [3.8, 4) is 0 Å². The Morgan fingerprint density at radius 2 is 2.04 bits per heavy atom. The van der Waals surface area contributed by atoms with Crippen LogP contribution >= 0.6 is 52.5 Å². The molecule has 8 heteroatoms. The summed E-state index contributed by atoms with van der Waals surface area (Å²) in [4.78, 5) is 16.9. The summed E-state index contributed by atoms with van der Waals surface area (Å²) in [5.74, 6) is -0.0583. The molecule has 0 spiro atoms. The van der Waals surface area contributed by atoms with Crippen LogP contribution in [0.25, 0.3) is 10.9 Å². The van der Waals surface area contributed by atoms with Crippen molar-refractivity contribution in [2.75, 3.05) is 0 Å². The van der Waals surface area contributed by atoms with E-state index >= 15 is 0 Å². The second-order valence-corrected chi connectivity index (χ2v) is 6.98. The number of thioether (sulfide) groups is 1. The average Bonchev–Trinajstić information content (AvgIpc) is 3.23. The topological polar surface area (TPSA) is 46.9 Å². The van der Waals surface area contributed by atoms with Crippen molar-refractivity contribution in [3.63, 3.8) is 0 Å². The van der Waals surface area contributed by atoms with Gasteiger partial charge in [0.15, 0.2) is 0 Å². The van der Waals surface area contributed by atoms with E-state index in [-0.39, 0.29) is 36.1 Å². The monoisotopic (exact) mass is 457 g/mol. The largest absolute Gasteiger partial charge is 0.364 e. The lowest BCUT2D eigenvalue weighted by Gasteiger charge is -2.12. The molecule has 0 fully saturated rings. The second kappa shape index (κ2) is 8.27. The van der Waals surface area contributed by atoms with Gasteiger partial charge in [-0.25, -0.2) is 0 Å². The molecule has 4 nitrogen and oxygen atoms in total. The number of carbonyl (C=O) groups excluding carboxylic acids is 1. The van der Waals surface area contributed by atoms with E-state index in [1.165, 1.54) is 0 Å². The molecular weight excluding hydrogens is 445 g/mol. The zero-order valence-corrected chi connectivity index (χ0v) is 16.8. The molecule has 0 saturated carbocycles. The Kier molecular flexibility index (Phi) is 6.57. The van der Waals surface area contributed by atoms with Gasteiger partial charge >= 0.3 is 0 Å². The maximum Gasteiger partial charge on any atom is 0.279 e. The van der Waals surface area contributed by atoms with Crippen molar-refractivity contribution in [1.82, 2.24) is 14.9 Å². The van der Waals surface area contributed by atoms with Crippen LogP contribution in [0.2, 0.25) is 0 Å². The van der Waals surface area contributed by atoms with Gasteiger partial charge in [0.2, 0.25) is 0 Å². The van der Waals surface area contributed by atoms with Gasteiger partial charge in [-0.1, -0.05) is 28.1 Å². The number of nitrogens with zero attached hydrogens (tertiary/aromatic N) is 2. The quantitative estimate of drug-likeness (QED) is 0.576. The first kappa shape index (κ1) is 19.8. The minimum absolute atomic E-state index is 0. The van der Waals surface area contributed by atoms with E-state index in [0.29, 0.717) is 5.70 Å². The maximum absolute atomic E-state index is 12.8. The molecule has 1 aliphatic rings. The van der Waals surface area contributed by atoms with Gasteiger partial charge in [0.05, 0.1) is 5.52 Å². The summed E-state index contributed by atoms with van der Waals surface area (Å²) in [6.45, 7) is 0. The molecule has 0 bridgehead atoms. The minimum Gasteiger partial charge on any atom is -0.364 e. The lowest BCUT2D eigenvalue weighted by molar-refractivity contribution is 0.0952. The molecule has 0 radical (unpaired) electrons. The lowest BCUT2D eigenvalue weighted by atomic mass is 10.2. The van der Waals surface area contributed by atoms with Crippen molar-refractivity contribution in [2.45, 2.75) is 5.37 Å². The number of aromatic nitrogens is 2. The molecule has 0 aliphatic carbocycles. The predicted molar refractivity (Wildman–Crippen MR) is 111 cm³/mol. The standard InChI is InChI=1S/C17H12BrN3OS.2ClH/c18-13-4-1-5-15-12(13)6-8-21(15)17(22)14-10-23-16(20-14)11-3-2-7-19-9-11;;/h1-10,16,20H;2*1H. The van der Waals surface area contributed by atoms with Gasteiger partial charge in [-0.2, -0.15) is 0 Å². The summed E-state index contributed by atoms with van der Waals surface area (Å²) < 4.78 is 2.66. The van der Waals surface area contributed by atoms with Crippen LogP contribution in [-0.4, -0.2) is 15.5 Å². The Balaban J connectivity index is 0.00000113. The smallest absolute Gasteiger partial charge is 0.279 e. The number of carbonyl (C=O) groups is 1. The van der Waals surface area contributed by atoms with Crippen LogP contribution in [0.4, 0.5) is 0 Å². The SMILES string of the molecule is Cl.Cl.O=C(C1=CSC(c2cccnc2)N1)n1ccc2c(Br)cccc21. The van der Waals surface area contributed by atoms with Crippen molar-refractivity contribution in [2.24, 2.45) is 0 Å². The first-order chi connectivity index (χ1) is 11.2. The summed E-state index contributed by atoms with van der Waals surface area (Å²) >= 11 is 5.10. The molecule has 0 saturated heterocycles. The van der Waals surface area contributed by atoms with E-state index in [1.807, 2.05) is 54.2 Å². The third-order valence-electron chi connectivity index (χ3n) is 3.72. The molecule has 1 unspecified atom stereocenters. The molecule has 1 aromatic carbocycles. The maximum atomic E-state index is 12.8. The molecule has 3 heterocycles. The number of fused-ring (bicyclic) bond motifs is 1. The van der Waals surface area contributed by atoms with E-state index in [1.54, 1.807) is 22.5 Å². The lowest BCUT2D eigenvalue weighted by Crippen LogP contribution is -2.23. The first-order valence-corrected chi connectivity index (χ1v) is 8.80. The van der Waals surface area contributed by atoms with Crippen LogP contribution in [0, 0.1) is 0 Å². The van der Waals surface area contributed by atoms with Crippen LogP contribution in [0.1, 0.15) is 15.7 Å². The molecule has 1 N–H and O–H groups in total. The molecule has 2 aromatic heterocycles. The normalized spacial score (nSPS) is 15.7. The van der Waals surface area contributed by atoms with E-state index in [2.05, 4.69) is 26.2 Å². The van der Waals surface area contributed by atoms with Crippen molar-refractivity contribution < 1.29 is 4.79 Å². The molecule has 25 heavy (non-hydrogen) atoms. The van der Waals surface area contributed by atoms with Crippen molar-refractivity contribution >= 4 is 69.3 Å². The Morgan fingerprint density at radius 1 is 1.20 bits per heavy atom. The number of hydrogen-bond acceptors (Lipinski definition) is 4. The number of nitrogens with one attached hydrogen (secondary N) is 1. The zero-order valence-electron chi connectivity index (χ0n) is 12.8. The van der Waals surface area contributed by atoms with Gasteiger partial charge in [0.25, 0.3) is 5.91 Å². The second-order valence-electron chi connectivity index (χ2n) is 5.14. The fourth-order valence-electron chi connectivity index (χ4n) is 2.59. The Labute approximate surface area is 170 Å². The summed E-state index contributed by atoms with van der Waals surface area (Å²) in [6, 6.07) is 11.7. The van der Waals surface area contributed by atoms with Crippen molar-refractivity contribution in [3.05, 3.63) is 76.1 Å². The summed E-state index contributed by atoms with van der Waals surface area (Å²) in [5, 5.41) is 6.20. The molecular formula is C17H14BrCl2N3OS. The number of allylic oxidation sites excluding steroid dienone is 1. The predicted octanol–water partition coefficient (Wildman–Crippen LogP) is 5.16. The zero-order chi connectivity index (χ0) is 15.8. The molecule has 1 atom stereocenters. The average molecular weight is 459 g/mol. The third-order valence-corrected chi connectivity index (χ3v) is 5.45. The number of rotatable bonds is 2. The van der Waals surface area contributed by atoms with Gasteiger partial charge in [-0.3, -0.25) is 14.3 Å². The molecule has 4 rings (SSSR count). The van der Waals surface area contributed by atoms with Crippen LogP contribution in [0.5, 0.6) is 0 Å². The van der Waals surface area contributed by atoms with Gasteiger partial charge in [0.1, 0.15) is 11.1 Å². The highest BCUT2D eigenvalue weighted by atomic mass is 79.9. The number of pyridine rings is 1. The number of hydrogen-bond donors (Lipinski definition) is 1. The highest BCUT2D eigenvalue weighted by Crippen LogP contribution is 2.34. The van der Waals surface area contributed by atoms with E-state index in [9.17, 15) is 4.79 Å². The number of halogens is 3. The minimum atomic E-state index is -0.0583. The van der Waals surface area contributed by atoms with E-state index < -0.39 is 0 Å². The highest BCUT2D eigenvalue weighted by molar-refractivity contribution is 9.10. The fraction of sp³-hybridized carbons (Fsp3) is 0.0588. The molecule has 0 amide bonds. The van der Waals surface area contributed by atoms with Gasteiger partial charge < -0.3 is 5.32 Å². The Hall–Kier alpha value is -1.47. The number of benzene rings is 1. The Morgan fingerprint density at radius 3 is 2.80 bits per heavy atom. The molecule has 3 aromatic rings. The summed E-state index contributed by atoms with van der Waals surface area (Å²) in [6.07, 6.45) is 5.36. The highest BCUT2D eigenvalue weighted by Gasteiger charge is 2.24. The van der Waals surface area contributed by atoms with Gasteiger partial charge in [-0.15, -0.1) is 36.6 Å². The van der Waals surface area contributed by atoms with E-state index in [0.717, 1.165) is 20.9 Å². The first-order valence-electron chi connectivity index (χ1n) is 7.06. The summed E-state index contributed by atoms with van der Waals surface area (Å²) in [5.41, 5.74) is 2.54. The van der Waals surface area contributed by atoms with Crippen LogP contribution in [-0.2, 0) is 0 Å². The van der Waals surface area contributed by atoms with Crippen LogP contribution in [0.15, 0.2) is 70.6 Å². The summed E-state index contributed by atoms with van der Waals surface area (Å²) in [7, 11) is 0. The third kappa shape index (κ3) is 3.72. The molecule has 1 aliphatic heterocycles. The van der Waals surface area contributed by atoms with Gasteiger partial charge in [-0.05, 0) is 24.3 Å². The fourth-order valence-corrected chi connectivity index (χ4v) is 4.01. The van der Waals surface area contributed by atoms with E-state index in [4.69, 9.17) is 0 Å².